The first-order chi connectivity index (χ1) is 21.0. The van der Waals surface area contributed by atoms with E-state index in [-0.39, 0.29) is 25.2 Å². The summed E-state index contributed by atoms with van der Waals surface area (Å²) in [6.07, 6.45) is 34.6. The molecule has 0 radical (unpaired) electrons. The first kappa shape index (κ1) is 41.9. The van der Waals surface area contributed by atoms with Crippen LogP contribution in [0.3, 0.4) is 0 Å². The lowest BCUT2D eigenvalue weighted by Crippen LogP contribution is -2.28. The van der Waals surface area contributed by atoms with Crippen LogP contribution < -0.4 is 0 Å². The normalized spacial score (nSPS) is 12.7. The summed E-state index contributed by atoms with van der Waals surface area (Å²) in [6.45, 7) is 6.50. The summed E-state index contributed by atoms with van der Waals surface area (Å²) in [6, 6.07) is 0. The Hall–Kier alpha value is -1.10. The third-order valence-electron chi connectivity index (χ3n) is 8.94. The molecule has 0 aliphatic carbocycles. The number of aliphatic hydroxyl groups excluding tert-OH is 1. The Bertz CT molecular complexity index is 593. The summed E-state index contributed by atoms with van der Waals surface area (Å²) < 4.78 is 10.5. The summed E-state index contributed by atoms with van der Waals surface area (Å²) in [5.74, 6) is 0.330. The van der Waals surface area contributed by atoms with E-state index in [0.29, 0.717) is 12.8 Å². The highest BCUT2D eigenvalue weighted by atomic mass is 16.6. The van der Waals surface area contributed by atoms with E-state index in [4.69, 9.17) is 9.47 Å². The van der Waals surface area contributed by atoms with Crippen LogP contribution in [0, 0.1) is 5.92 Å². The van der Waals surface area contributed by atoms with Crippen LogP contribution in [-0.2, 0) is 19.1 Å². The summed E-state index contributed by atoms with van der Waals surface area (Å²) in [7, 11) is 0. The average Bonchev–Trinajstić information content (AvgIpc) is 3.01. The maximum atomic E-state index is 12.0. The second-order valence-corrected chi connectivity index (χ2v) is 13.3. The van der Waals surface area contributed by atoms with Gasteiger partial charge in [-0.15, -0.1) is 0 Å². The van der Waals surface area contributed by atoms with Crippen molar-refractivity contribution >= 4 is 11.9 Å². The van der Waals surface area contributed by atoms with Gasteiger partial charge in [0.1, 0.15) is 6.61 Å². The van der Waals surface area contributed by atoms with E-state index >= 15 is 0 Å². The molecule has 0 aliphatic heterocycles. The molecule has 0 aromatic carbocycles. The minimum Gasteiger partial charge on any atom is -0.462 e. The van der Waals surface area contributed by atoms with Crippen LogP contribution in [0.2, 0.25) is 0 Å². The van der Waals surface area contributed by atoms with Gasteiger partial charge >= 0.3 is 11.9 Å². The Morgan fingerprint density at radius 3 is 1.30 bits per heavy atom. The first-order valence-corrected chi connectivity index (χ1v) is 19.0. The molecule has 1 N–H and O–H groups in total. The molecule has 1 unspecified atom stereocenters. The summed E-state index contributed by atoms with van der Waals surface area (Å²) in [5.41, 5.74) is 0. The maximum Gasteiger partial charge on any atom is 0.306 e. The van der Waals surface area contributed by atoms with Crippen LogP contribution in [0.25, 0.3) is 0 Å². The Kier molecular flexibility index (Phi) is 32.9. The van der Waals surface area contributed by atoms with Crippen molar-refractivity contribution in [3.05, 3.63) is 0 Å². The van der Waals surface area contributed by atoms with Crippen LogP contribution in [0.5, 0.6) is 0 Å². The molecular formula is C38H74O5. The quantitative estimate of drug-likeness (QED) is 0.0579. The van der Waals surface area contributed by atoms with Crippen molar-refractivity contribution in [2.24, 2.45) is 5.92 Å². The van der Waals surface area contributed by atoms with Crippen LogP contribution in [-0.4, -0.2) is 36.4 Å². The molecule has 0 amide bonds. The zero-order chi connectivity index (χ0) is 31.6. The fourth-order valence-corrected chi connectivity index (χ4v) is 5.65. The number of rotatable bonds is 34. The number of carbonyl (C=O) groups excluding carboxylic acids is 2. The number of unbranched alkanes of at least 4 members (excludes halogenated alkanes) is 23. The summed E-state index contributed by atoms with van der Waals surface area (Å²) in [5, 5.41) is 9.47. The summed E-state index contributed by atoms with van der Waals surface area (Å²) >= 11 is 0. The van der Waals surface area contributed by atoms with E-state index in [9.17, 15) is 14.7 Å². The predicted molar refractivity (Wildman–Crippen MR) is 182 cm³/mol. The topological polar surface area (TPSA) is 72.8 Å². The van der Waals surface area contributed by atoms with Crippen molar-refractivity contribution < 1.29 is 24.2 Å². The van der Waals surface area contributed by atoms with Gasteiger partial charge in [-0.3, -0.25) is 9.59 Å². The van der Waals surface area contributed by atoms with Crippen molar-refractivity contribution in [1.29, 1.82) is 0 Å². The zero-order valence-electron chi connectivity index (χ0n) is 29.2. The van der Waals surface area contributed by atoms with Gasteiger partial charge in [-0.1, -0.05) is 181 Å². The van der Waals surface area contributed by atoms with E-state index in [1.165, 1.54) is 141 Å². The van der Waals surface area contributed by atoms with Crippen molar-refractivity contribution in [2.75, 3.05) is 13.2 Å². The molecule has 0 bridgehead atoms. The zero-order valence-corrected chi connectivity index (χ0v) is 29.2. The molecule has 0 saturated carbocycles. The Balaban J connectivity index is 3.42. The molecule has 5 heteroatoms. The van der Waals surface area contributed by atoms with Crippen molar-refractivity contribution in [3.8, 4) is 0 Å². The highest BCUT2D eigenvalue weighted by Crippen LogP contribution is 2.17. The molecule has 0 heterocycles. The molecule has 2 atom stereocenters. The van der Waals surface area contributed by atoms with Crippen LogP contribution in [0.15, 0.2) is 0 Å². The molecule has 0 rings (SSSR count). The predicted octanol–water partition coefficient (Wildman–Crippen LogP) is 11.4. The van der Waals surface area contributed by atoms with Gasteiger partial charge in [0, 0.05) is 12.8 Å². The number of carbonyl (C=O) groups is 2. The Morgan fingerprint density at radius 2 is 0.907 bits per heavy atom. The van der Waals surface area contributed by atoms with Gasteiger partial charge < -0.3 is 14.6 Å². The third kappa shape index (κ3) is 32.1. The van der Waals surface area contributed by atoms with Crippen molar-refractivity contribution in [2.45, 2.75) is 213 Å². The molecule has 0 spiro atoms. The fourth-order valence-electron chi connectivity index (χ4n) is 5.65. The van der Waals surface area contributed by atoms with Crippen molar-refractivity contribution in [3.63, 3.8) is 0 Å². The first-order valence-electron chi connectivity index (χ1n) is 19.0. The standard InChI is InChI=1S/C38H74O5/c1-4-6-7-8-21-26-29-32-38(41)43-36(33-39)34-42-37(40)31-28-25-23-20-18-16-14-12-10-9-11-13-15-17-19-22-24-27-30-35(3)5-2/h35-36,39H,4-34H2,1-3H3/t35?,36-/m0/s1. The SMILES string of the molecule is CCCCCCCCCC(=O)O[C@@H](CO)COC(=O)CCCCCCCCCCCCCCCCCCCCC(C)CC. The van der Waals surface area contributed by atoms with Gasteiger partial charge in [0.25, 0.3) is 0 Å². The number of aliphatic hydroxyl groups is 1. The second-order valence-electron chi connectivity index (χ2n) is 13.3. The minimum atomic E-state index is -0.759. The maximum absolute atomic E-state index is 12.0. The fraction of sp³-hybridized carbons (Fsp3) is 0.947. The van der Waals surface area contributed by atoms with Gasteiger partial charge in [-0.2, -0.15) is 0 Å². The molecule has 0 aromatic heterocycles. The lowest BCUT2D eigenvalue weighted by atomic mass is 9.99. The smallest absolute Gasteiger partial charge is 0.306 e. The van der Waals surface area contributed by atoms with Crippen LogP contribution >= 0.6 is 0 Å². The van der Waals surface area contributed by atoms with Crippen molar-refractivity contribution in [1.82, 2.24) is 0 Å². The molecule has 43 heavy (non-hydrogen) atoms. The highest BCUT2D eigenvalue weighted by Gasteiger charge is 2.16. The number of esters is 2. The van der Waals surface area contributed by atoms with E-state index in [1.807, 2.05) is 0 Å². The van der Waals surface area contributed by atoms with Crippen LogP contribution in [0.4, 0.5) is 0 Å². The monoisotopic (exact) mass is 611 g/mol. The molecule has 0 saturated heterocycles. The van der Waals surface area contributed by atoms with Gasteiger partial charge in [0.2, 0.25) is 0 Å². The largest absolute Gasteiger partial charge is 0.462 e. The number of hydrogen-bond acceptors (Lipinski definition) is 5. The second kappa shape index (κ2) is 33.8. The lowest BCUT2D eigenvalue weighted by Gasteiger charge is -2.15. The van der Waals surface area contributed by atoms with E-state index in [0.717, 1.165) is 38.0 Å². The number of hydrogen-bond donors (Lipinski definition) is 1. The lowest BCUT2D eigenvalue weighted by molar-refractivity contribution is -0.161. The Labute approximate surface area is 268 Å². The van der Waals surface area contributed by atoms with Gasteiger partial charge in [0.05, 0.1) is 6.61 Å². The third-order valence-corrected chi connectivity index (χ3v) is 8.94. The van der Waals surface area contributed by atoms with E-state index < -0.39 is 6.10 Å². The summed E-state index contributed by atoms with van der Waals surface area (Å²) in [4.78, 5) is 24.0. The molecule has 0 aromatic rings. The van der Waals surface area contributed by atoms with Gasteiger partial charge in [-0.05, 0) is 18.8 Å². The van der Waals surface area contributed by atoms with Gasteiger partial charge in [0.15, 0.2) is 6.10 Å². The van der Waals surface area contributed by atoms with Gasteiger partial charge in [-0.25, -0.2) is 0 Å². The molecule has 0 fully saturated rings. The van der Waals surface area contributed by atoms with Crippen LogP contribution in [0.1, 0.15) is 207 Å². The average molecular weight is 611 g/mol. The molecular weight excluding hydrogens is 536 g/mol. The minimum absolute atomic E-state index is 0.0587. The Morgan fingerprint density at radius 1 is 0.535 bits per heavy atom. The molecule has 0 aliphatic rings. The molecule has 5 nitrogen and oxygen atoms in total. The highest BCUT2D eigenvalue weighted by molar-refractivity contribution is 5.70. The van der Waals surface area contributed by atoms with E-state index in [2.05, 4.69) is 20.8 Å². The van der Waals surface area contributed by atoms with E-state index in [1.54, 1.807) is 0 Å². The molecule has 256 valence electrons. The number of ether oxygens (including phenoxy) is 2.